The zero-order valence-corrected chi connectivity index (χ0v) is 12.6. The predicted octanol–water partition coefficient (Wildman–Crippen LogP) is 4.37. The van der Waals surface area contributed by atoms with Crippen LogP contribution in [-0.2, 0) is 5.75 Å². The Balaban J connectivity index is 2.16. The molecule has 0 spiro atoms. The third-order valence-corrected chi connectivity index (χ3v) is 4.17. The van der Waals surface area contributed by atoms with E-state index in [-0.39, 0.29) is 5.69 Å². The number of nitrogens with zero attached hydrogens (tertiary/aromatic N) is 1. The van der Waals surface area contributed by atoms with Gasteiger partial charge in [-0.1, -0.05) is 15.9 Å². The van der Waals surface area contributed by atoms with E-state index in [1.165, 1.54) is 23.9 Å². The Hall–Kier alpha value is -1.60. The second-order valence-corrected chi connectivity index (χ2v) is 5.98. The third-order valence-electron chi connectivity index (χ3n) is 2.52. The van der Waals surface area contributed by atoms with E-state index in [2.05, 4.69) is 15.9 Å². The molecule has 2 aromatic carbocycles. The Morgan fingerprint density at radius 2 is 2.05 bits per heavy atom. The summed E-state index contributed by atoms with van der Waals surface area (Å²) in [6, 6.07) is 9.03. The van der Waals surface area contributed by atoms with Crippen molar-refractivity contribution in [1.29, 1.82) is 0 Å². The molecule has 4 nitrogen and oxygen atoms in total. The van der Waals surface area contributed by atoms with Gasteiger partial charge in [-0.25, -0.2) is 4.39 Å². The van der Waals surface area contributed by atoms with Gasteiger partial charge in [0.05, 0.1) is 11.0 Å². The van der Waals surface area contributed by atoms with Crippen molar-refractivity contribution in [2.24, 2.45) is 0 Å². The molecule has 2 aromatic rings. The minimum Gasteiger partial charge on any atom is -0.398 e. The molecule has 0 atom stereocenters. The smallest absolute Gasteiger partial charge is 0.272 e. The topological polar surface area (TPSA) is 69.2 Å². The highest BCUT2D eigenvalue weighted by Gasteiger charge is 2.10. The number of hydrogen-bond donors (Lipinski definition) is 1. The molecule has 7 heteroatoms. The van der Waals surface area contributed by atoms with Crippen LogP contribution in [0, 0.1) is 15.9 Å². The van der Waals surface area contributed by atoms with E-state index in [4.69, 9.17) is 5.73 Å². The number of rotatable bonds is 4. The zero-order chi connectivity index (χ0) is 14.7. The number of anilines is 1. The molecule has 104 valence electrons. The molecule has 0 aliphatic carbocycles. The van der Waals surface area contributed by atoms with E-state index < -0.39 is 10.7 Å². The number of nitro benzene ring substituents is 1. The number of hydrogen-bond acceptors (Lipinski definition) is 4. The maximum absolute atomic E-state index is 13.3. The Kier molecular flexibility index (Phi) is 4.61. The highest BCUT2D eigenvalue weighted by molar-refractivity contribution is 9.10. The van der Waals surface area contributed by atoms with Crippen LogP contribution in [0.1, 0.15) is 5.56 Å². The standard InChI is InChI=1S/C13H10BrFN2O2S/c14-9-1-2-13(12(16)5-9)20-7-8-3-10(15)6-11(4-8)17(18)19/h1-6H,7,16H2. The molecule has 2 N–H and O–H groups in total. The molecule has 0 aliphatic heterocycles. The van der Waals surface area contributed by atoms with Crippen molar-refractivity contribution < 1.29 is 9.31 Å². The lowest BCUT2D eigenvalue weighted by Crippen LogP contribution is -1.93. The molecule has 0 heterocycles. The average molecular weight is 357 g/mol. The number of thioether (sulfide) groups is 1. The summed E-state index contributed by atoms with van der Waals surface area (Å²) in [6.45, 7) is 0. The Morgan fingerprint density at radius 1 is 1.30 bits per heavy atom. The highest BCUT2D eigenvalue weighted by Crippen LogP contribution is 2.31. The first-order chi connectivity index (χ1) is 9.45. The van der Waals surface area contributed by atoms with Crippen LogP contribution in [0.25, 0.3) is 0 Å². The summed E-state index contributed by atoms with van der Waals surface area (Å²) >= 11 is 4.72. The Morgan fingerprint density at radius 3 is 2.70 bits per heavy atom. The van der Waals surface area contributed by atoms with Crippen LogP contribution >= 0.6 is 27.7 Å². The van der Waals surface area contributed by atoms with E-state index in [9.17, 15) is 14.5 Å². The second kappa shape index (κ2) is 6.23. The summed E-state index contributed by atoms with van der Waals surface area (Å²) in [5.74, 6) is -0.205. The number of nitrogens with two attached hydrogens (primary N) is 1. The van der Waals surface area contributed by atoms with Gasteiger partial charge in [-0.2, -0.15) is 0 Å². The van der Waals surface area contributed by atoms with Crippen molar-refractivity contribution in [2.75, 3.05) is 5.73 Å². The maximum Gasteiger partial charge on any atom is 0.272 e. The summed E-state index contributed by atoms with van der Waals surface area (Å²) in [7, 11) is 0. The van der Waals surface area contributed by atoms with Crippen LogP contribution in [0.2, 0.25) is 0 Å². The molecule has 0 amide bonds. The van der Waals surface area contributed by atoms with Crippen LogP contribution in [0.15, 0.2) is 45.8 Å². The first-order valence-corrected chi connectivity index (χ1v) is 7.35. The molecule has 0 aromatic heterocycles. The summed E-state index contributed by atoms with van der Waals surface area (Å²) in [6.07, 6.45) is 0. The number of benzene rings is 2. The molecule has 0 unspecified atom stereocenters. The molecular weight excluding hydrogens is 347 g/mol. The van der Waals surface area contributed by atoms with Gasteiger partial charge in [0, 0.05) is 26.9 Å². The minimum atomic E-state index is -0.612. The first-order valence-electron chi connectivity index (χ1n) is 5.57. The Bertz CT molecular complexity index is 667. The fourth-order valence-corrected chi connectivity index (χ4v) is 2.89. The summed E-state index contributed by atoms with van der Waals surface area (Å²) in [4.78, 5) is 10.9. The van der Waals surface area contributed by atoms with Gasteiger partial charge in [0.15, 0.2) is 0 Å². The van der Waals surface area contributed by atoms with Gasteiger partial charge in [-0.3, -0.25) is 10.1 Å². The van der Waals surface area contributed by atoms with Crippen LogP contribution in [0.5, 0.6) is 0 Å². The lowest BCUT2D eigenvalue weighted by atomic mass is 10.2. The van der Waals surface area contributed by atoms with E-state index in [1.807, 2.05) is 12.1 Å². The van der Waals surface area contributed by atoms with Gasteiger partial charge in [0.2, 0.25) is 0 Å². The highest BCUT2D eigenvalue weighted by atomic mass is 79.9. The first kappa shape index (κ1) is 14.8. The van der Waals surface area contributed by atoms with Crippen molar-refractivity contribution in [3.8, 4) is 0 Å². The Labute approximate surface area is 127 Å². The summed E-state index contributed by atoms with van der Waals surface area (Å²) < 4.78 is 14.2. The average Bonchev–Trinajstić information content (AvgIpc) is 2.37. The van der Waals surface area contributed by atoms with E-state index in [0.717, 1.165) is 15.4 Å². The fourth-order valence-electron chi connectivity index (χ4n) is 1.63. The van der Waals surface area contributed by atoms with Crippen LogP contribution in [0.4, 0.5) is 15.8 Å². The summed E-state index contributed by atoms with van der Waals surface area (Å²) in [5, 5.41) is 10.7. The van der Waals surface area contributed by atoms with Crippen molar-refractivity contribution in [3.63, 3.8) is 0 Å². The minimum absolute atomic E-state index is 0.246. The molecule has 0 saturated heterocycles. The van der Waals surface area contributed by atoms with Gasteiger partial charge < -0.3 is 5.73 Å². The number of non-ortho nitro benzene ring substituents is 1. The van der Waals surface area contributed by atoms with Crippen molar-refractivity contribution in [3.05, 3.63) is 62.4 Å². The predicted molar refractivity (Wildman–Crippen MR) is 81.2 cm³/mol. The van der Waals surface area contributed by atoms with E-state index in [0.29, 0.717) is 17.0 Å². The van der Waals surface area contributed by atoms with Crippen LogP contribution in [0.3, 0.4) is 0 Å². The van der Waals surface area contributed by atoms with Crippen molar-refractivity contribution in [1.82, 2.24) is 0 Å². The van der Waals surface area contributed by atoms with E-state index in [1.54, 1.807) is 6.07 Å². The van der Waals surface area contributed by atoms with Gasteiger partial charge in [0.1, 0.15) is 5.82 Å². The maximum atomic E-state index is 13.3. The molecule has 0 fully saturated rings. The normalized spacial score (nSPS) is 10.5. The molecule has 0 bridgehead atoms. The third kappa shape index (κ3) is 3.71. The molecular formula is C13H10BrFN2O2S. The quantitative estimate of drug-likeness (QED) is 0.382. The number of nitro groups is 1. The largest absolute Gasteiger partial charge is 0.398 e. The van der Waals surface area contributed by atoms with Gasteiger partial charge in [-0.15, -0.1) is 11.8 Å². The van der Waals surface area contributed by atoms with Crippen LogP contribution < -0.4 is 5.73 Å². The number of halogens is 2. The van der Waals surface area contributed by atoms with Crippen molar-refractivity contribution in [2.45, 2.75) is 10.6 Å². The van der Waals surface area contributed by atoms with Gasteiger partial charge in [-0.05, 0) is 29.8 Å². The lowest BCUT2D eigenvalue weighted by molar-refractivity contribution is -0.385. The summed E-state index contributed by atoms with van der Waals surface area (Å²) in [5.41, 5.74) is 6.77. The lowest BCUT2D eigenvalue weighted by Gasteiger charge is -2.06. The molecule has 2 rings (SSSR count). The second-order valence-electron chi connectivity index (χ2n) is 4.05. The zero-order valence-electron chi connectivity index (χ0n) is 10.2. The van der Waals surface area contributed by atoms with Gasteiger partial charge in [0.25, 0.3) is 5.69 Å². The molecule has 20 heavy (non-hydrogen) atoms. The van der Waals surface area contributed by atoms with Crippen molar-refractivity contribution >= 4 is 39.1 Å². The molecule has 0 saturated carbocycles. The SMILES string of the molecule is Nc1cc(Br)ccc1SCc1cc(F)cc([N+](=O)[O-])c1. The monoisotopic (exact) mass is 356 g/mol. The number of nitrogen functional groups attached to an aromatic ring is 1. The van der Waals surface area contributed by atoms with Crippen LogP contribution in [-0.4, -0.2) is 4.92 Å². The molecule has 0 radical (unpaired) electrons. The van der Waals surface area contributed by atoms with Gasteiger partial charge >= 0.3 is 0 Å². The van der Waals surface area contributed by atoms with E-state index >= 15 is 0 Å². The molecule has 0 aliphatic rings. The fraction of sp³-hybridized carbons (Fsp3) is 0.0769.